The number of imidazole rings is 1. The average Bonchev–Trinajstić information content (AvgIpc) is 3.09. The Morgan fingerprint density at radius 2 is 2.08 bits per heavy atom. The van der Waals surface area contributed by atoms with Crippen molar-refractivity contribution in [2.75, 3.05) is 18.5 Å². The lowest BCUT2D eigenvalue weighted by Gasteiger charge is -2.16. The number of aromatic nitrogens is 4. The molecule has 12 nitrogen and oxygen atoms in total. The predicted molar refractivity (Wildman–Crippen MR) is 83.4 cm³/mol. The Bertz CT molecular complexity index is 795. The molecule has 1 aliphatic heterocycles. The highest BCUT2D eigenvalue weighted by molar-refractivity contribution is 7.46. The number of aliphatic hydroxyl groups excluding tert-OH is 2. The van der Waals surface area contributed by atoms with Gasteiger partial charge in [-0.2, -0.15) is 0 Å². The molecule has 2 aromatic rings. The van der Waals surface area contributed by atoms with Crippen LogP contribution >= 0.6 is 7.82 Å². The lowest BCUT2D eigenvalue weighted by Crippen LogP contribution is -2.33. The van der Waals surface area contributed by atoms with Crippen molar-refractivity contribution in [2.45, 2.75) is 31.5 Å². The maximum atomic E-state index is 10.8. The zero-order valence-electron chi connectivity index (χ0n) is 13.1. The van der Waals surface area contributed by atoms with Crippen molar-refractivity contribution in [1.82, 2.24) is 19.5 Å². The summed E-state index contributed by atoms with van der Waals surface area (Å²) >= 11 is 0. The van der Waals surface area contributed by atoms with Gasteiger partial charge in [-0.05, 0) is 6.92 Å². The Hall–Kier alpha value is -1.66. The molecule has 1 aliphatic rings. The number of anilines is 1. The summed E-state index contributed by atoms with van der Waals surface area (Å²) in [5.41, 5.74) is 0.836. The van der Waals surface area contributed by atoms with Crippen molar-refractivity contribution >= 4 is 24.8 Å². The lowest BCUT2D eigenvalue weighted by molar-refractivity contribution is -0.0504. The largest absolute Gasteiger partial charge is 0.469 e. The minimum Gasteiger partial charge on any atom is -0.387 e. The monoisotopic (exact) mass is 375 g/mol. The maximum Gasteiger partial charge on any atom is 0.469 e. The molecule has 2 aromatic heterocycles. The molecular formula is C12H18N5O7P. The number of hydrogen-bond acceptors (Lipinski definition) is 9. The van der Waals surface area contributed by atoms with Crippen LogP contribution in [0.1, 0.15) is 13.2 Å². The molecular weight excluding hydrogens is 357 g/mol. The number of nitrogens with one attached hydrogen (secondary N) is 1. The van der Waals surface area contributed by atoms with E-state index in [0.29, 0.717) is 23.5 Å². The third-order valence-corrected chi connectivity index (χ3v) is 4.21. The van der Waals surface area contributed by atoms with Gasteiger partial charge in [-0.1, -0.05) is 0 Å². The molecule has 0 radical (unpaired) electrons. The summed E-state index contributed by atoms with van der Waals surface area (Å²) in [6, 6.07) is 0. The summed E-state index contributed by atoms with van der Waals surface area (Å²) in [4.78, 5) is 29.9. The molecule has 0 spiro atoms. The number of aliphatic hydroxyl groups is 2. The average molecular weight is 375 g/mol. The second-order valence-electron chi connectivity index (χ2n) is 5.41. The molecule has 138 valence electrons. The lowest BCUT2D eigenvalue weighted by atomic mass is 10.1. The Kier molecular flexibility index (Phi) is 5.02. The van der Waals surface area contributed by atoms with Gasteiger partial charge in [-0.15, -0.1) is 0 Å². The number of hydrogen-bond donors (Lipinski definition) is 5. The first-order chi connectivity index (χ1) is 11.8. The Morgan fingerprint density at radius 1 is 1.32 bits per heavy atom. The fourth-order valence-corrected chi connectivity index (χ4v) is 2.94. The van der Waals surface area contributed by atoms with E-state index in [1.54, 1.807) is 0 Å². The number of rotatable bonds is 6. The molecule has 0 saturated carbocycles. The molecule has 13 heteroatoms. The quantitative estimate of drug-likeness (QED) is 0.391. The van der Waals surface area contributed by atoms with Crippen LogP contribution in [0.15, 0.2) is 12.7 Å². The van der Waals surface area contributed by atoms with Crippen LogP contribution < -0.4 is 5.32 Å². The van der Waals surface area contributed by atoms with Crippen LogP contribution in [-0.4, -0.2) is 71.0 Å². The Labute approximate surface area is 141 Å². The zero-order valence-corrected chi connectivity index (χ0v) is 14.0. The summed E-state index contributed by atoms with van der Waals surface area (Å²) in [7, 11) is -4.72. The Balaban J connectivity index is 1.85. The number of fused-ring (bicyclic) bond motifs is 1. The van der Waals surface area contributed by atoms with E-state index in [-0.39, 0.29) is 0 Å². The van der Waals surface area contributed by atoms with E-state index >= 15 is 0 Å². The molecule has 2 unspecified atom stereocenters. The van der Waals surface area contributed by atoms with Crippen molar-refractivity contribution in [3.8, 4) is 0 Å². The van der Waals surface area contributed by atoms with Gasteiger partial charge in [0.2, 0.25) is 0 Å². The van der Waals surface area contributed by atoms with Crippen LogP contribution in [0.5, 0.6) is 0 Å². The van der Waals surface area contributed by atoms with Gasteiger partial charge in [0, 0.05) is 6.54 Å². The van der Waals surface area contributed by atoms with Gasteiger partial charge in [0.15, 0.2) is 23.2 Å². The number of phosphoric ester groups is 1. The van der Waals surface area contributed by atoms with Crippen LogP contribution in [0.3, 0.4) is 0 Å². The van der Waals surface area contributed by atoms with Crippen molar-refractivity contribution in [3.05, 3.63) is 12.7 Å². The van der Waals surface area contributed by atoms with Gasteiger partial charge < -0.3 is 30.1 Å². The van der Waals surface area contributed by atoms with E-state index < -0.39 is 39.0 Å². The molecule has 0 amide bonds. The van der Waals surface area contributed by atoms with Crippen molar-refractivity contribution in [2.24, 2.45) is 0 Å². The standard InChI is InChI=1S/C12H18N5O7P/c1-2-13-10-7-11(15-4-14-10)17(5-16-7)12-9(19)8(18)6(24-12)3-23-25(20,21)22/h4-6,8-9,12,18-19H,2-3H2,1H3,(H,13,14,15)(H2,20,21,22)/t6-,8?,9?,12-/m1/s1. The van der Waals surface area contributed by atoms with Crippen LogP contribution in [0.2, 0.25) is 0 Å². The van der Waals surface area contributed by atoms with E-state index in [0.717, 1.165) is 0 Å². The zero-order chi connectivity index (χ0) is 18.2. The van der Waals surface area contributed by atoms with E-state index in [1.165, 1.54) is 17.2 Å². The van der Waals surface area contributed by atoms with Gasteiger partial charge in [0.05, 0.1) is 12.9 Å². The smallest absolute Gasteiger partial charge is 0.387 e. The Morgan fingerprint density at radius 3 is 2.76 bits per heavy atom. The van der Waals surface area contributed by atoms with Gasteiger partial charge >= 0.3 is 7.82 Å². The van der Waals surface area contributed by atoms with Crippen LogP contribution in [0.25, 0.3) is 11.2 Å². The highest BCUT2D eigenvalue weighted by atomic mass is 31.2. The summed E-state index contributed by atoms with van der Waals surface area (Å²) in [5, 5.41) is 23.3. The maximum absolute atomic E-state index is 10.8. The van der Waals surface area contributed by atoms with Gasteiger partial charge in [-0.3, -0.25) is 9.09 Å². The molecule has 5 N–H and O–H groups in total. The summed E-state index contributed by atoms with van der Waals surface area (Å²) < 4.78 is 22.1. The fraction of sp³-hybridized carbons (Fsp3) is 0.583. The normalized spacial score (nSPS) is 27.1. The highest BCUT2D eigenvalue weighted by Crippen LogP contribution is 2.38. The summed E-state index contributed by atoms with van der Waals surface area (Å²) in [5.74, 6) is 0.515. The fourth-order valence-electron chi connectivity index (χ4n) is 2.60. The third kappa shape index (κ3) is 3.65. The molecule has 0 bridgehead atoms. The van der Waals surface area contributed by atoms with Crippen molar-refractivity contribution < 1.29 is 33.8 Å². The van der Waals surface area contributed by atoms with Crippen molar-refractivity contribution in [1.29, 1.82) is 0 Å². The summed E-state index contributed by atoms with van der Waals surface area (Å²) in [6.45, 7) is 1.95. The van der Waals surface area contributed by atoms with Crippen molar-refractivity contribution in [3.63, 3.8) is 0 Å². The molecule has 1 fully saturated rings. The highest BCUT2D eigenvalue weighted by Gasteiger charge is 2.45. The molecule has 3 heterocycles. The first-order valence-corrected chi connectivity index (χ1v) is 8.98. The van der Waals surface area contributed by atoms with Gasteiger partial charge in [-0.25, -0.2) is 19.5 Å². The van der Waals surface area contributed by atoms with Crippen LogP contribution in [-0.2, 0) is 13.8 Å². The minimum atomic E-state index is -4.72. The summed E-state index contributed by atoms with van der Waals surface area (Å²) in [6.07, 6.45) is -2.23. The van der Waals surface area contributed by atoms with Gasteiger partial charge in [0.25, 0.3) is 0 Å². The van der Waals surface area contributed by atoms with E-state index in [4.69, 9.17) is 14.5 Å². The molecule has 3 rings (SSSR count). The number of nitrogens with zero attached hydrogens (tertiary/aromatic N) is 4. The molecule has 0 aliphatic carbocycles. The van der Waals surface area contributed by atoms with E-state index in [2.05, 4.69) is 24.8 Å². The molecule has 25 heavy (non-hydrogen) atoms. The van der Waals surface area contributed by atoms with Gasteiger partial charge in [0.1, 0.15) is 24.6 Å². The SMILES string of the molecule is CCNc1ncnc2c1ncn2[C@@H]1O[C@H](COP(=O)(O)O)C(O)C1O. The van der Waals surface area contributed by atoms with E-state index in [9.17, 15) is 14.8 Å². The second kappa shape index (κ2) is 6.92. The van der Waals surface area contributed by atoms with Crippen LogP contribution in [0.4, 0.5) is 5.82 Å². The second-order valence-corrected chi connectivity index (χ2v) is 6.65. The molecule has 0 aromatic carbocycles. The third-order valence-electron chi connectivity index (χ3n) is 3.72. The first-order valence-electron chi connectivity index (χ1n) is 7.45. The first kappa shape index (κ1) is 18.1. The molecule has 4 atom stereocenters. The molecule has 1 saturated heterocycles. The topological polar surface area (TPSA) is 172 Å². The number of ether oxygens (including phenoxy) is 1. The van der Waals surface area contributed by atoms with Crippen LogP contribution in [0, 0.1) is 0 Å². The minimum absolute atomic E-state index is 0.374. The van der Waals surface area contributed by atoms with E-state index in [1.807, 2.05) is 6.92 Å². The number of phosphoric acid groups is 1. The predicted octanol–water partition coefficient (Wildman–Crippen LogP) is -1.01.